The summed E-state index contributed by atoms with van der Waals surface area (Å²) in [5, 5.41) is 23.6. The lowest BCUT2D eigenvalue weighted by Gasteiger charge is -2.21. The van der Waals surface area contributed by atoms with Crippen molar-refractivity contribution in [3.05, 3.63) is 76.6 Å². The number of rotatable bonds is 12. The molecule has 3 aromatic rings. The van der Waals surface area contributed by atoms with Crippen molar-refractivity contribution in [3.63, 3.8) is 0 Å². The summed E-state index contributed by atoms with van der Waals surface area (Å²) in [6.07, 6.45) is 1.98. The van der Waals surface area contributed by atoms with Crippen molar-refractivity contribution in [3.8, 4) is 11.1 Å². The maximum Gasteiger partial charge on any atom is 0.336 e. The normalized spacial score (nSPS) is 12.5. The van der Waals surface area contributed by atoms with Crippen LogP contribution in [0.25, 0.3) is 11.1 Å². The molecule has 1 heterocycles. The van der Waals surface area contributed by atoms with Crippen LogP contribution in [0.5, 0.6) is 0 Å². The summed E-state index contributed by atoms with van der Waals surface area (Å²) in [6, 6.07) is 11.0. The van der Waals surface area contributed by atoms with Gasteiger partial charge in [0, 0.05) is 13.0 Å². The first-order valence-electron chi connectivity index (χ1n) is 13.2. The standard InChI is InChI=1S/C30H38FN3O4S/c1-6-9-25-33-27(30(4,5)38)23(16-32-28(35)24(39)14-18(2)3)34(25)17-20-11-8-13-22(26(20)29(36)37)19-10-7-12-21(31)15-19/h7-8,10-13,15,18,24,38-39H,6,9,14,16-17H2,1-5H3,(H,32,35)(H,36,37). The van der Waals surface area contributed by atoms with Crippen LogP contribution in [0.4, 0.5) is 4.39 Å². The van der Waals surface area contributed by atoms with Gasteiger partial charge in [0.1, 0.15) is 17.2 Å². The lowest BCUT2D eigenvalue weighted by molar-refractivity contribution is -0.121. The quantitative estimate of drug-likeness (QED) is 0.219. The minimum atomic E-state index is -1.30. The first-order chi connectivity index (χ1) is 18.3. The van der Waals surface area contributed by atoms with E-state index in [2.05, 4.69) is 17.9 Å². The predicted octanol–water partition coefficient (Wildman–Crippen LogP) is 5.58. The van der Waals surface area contributed by atoms with Crippen LogP contribution in [0, 0.1) is 11.7 Å². The molecular formula is C30H38FN3O4S. The number of carboxylic acids is 1. The molecule has 0 fully saturated rings. The van der Waals surface area contributed by atoms with E-state index in [-0.39, 0.29) is 24.6 Å². The molecule has 0 bridgehead atoms. The molecule has 210 valence electrons. The molecule has 0 aliphatic heterocycles. The highest BCUT2D eigenvalue weighted by atomic mass is 32.1. The highest BCUT2D eigenvalue weighted by Gasteiger charge is 2.29. The number of aliphatic hydroxyl groups is 1. The second kappa shape index (κ2) is 12.8. The van der Waals surface area contributed by atoms with E-state index in [1.807, 2.05) is 25.3 Å². The van der Waals surface area contributed by atoms with Gasteiger partial charge in [-0.05, 0) is 61.4 Å². The molecule has 39 heavy (non-hydrogen) atoms. The van der Waals surface area contributed by atoms with E-state index >= 15 is 0 Å². The molecule has 3 N–H and O–H groups in total. The van der Waals surface area contributed by atoms with Crippen LogP contribution in [0.3, 0.4) is 0 Å². The van der Waals surface area contributed by atoms with Crippen molar-refractivity contribution in [2.45, 2.75) is 77.8 Å². The van der Waals surface area contributed by atoms with Gasteiger partial charge in [-0.2, -0.15) is 12.6 Å². The average molecular weight is 556 g/mol. The molecular weight excluding hydrogens is 517 g/mol. The molecule has 7 nitrogen and oxygen atoms in total. The lowest BCUT2D eigenvalue weighted by atomic mass is 9.95. The lowest BCUT2D eigenvalue weighted by Crippen LogP contribution is -2.33. The highest BCUT2D eigenvalue weighted by Crippen LogP contribution is 2.30. The van der Waals surface area contributed by atoms with Crippen molar-refractivity contribution >= 4 is 24.5 Å². The zero-order chi connectivity index (χ0) is 28.9. The summed E-state index contributed by atoms with van der Waals surface area (Å²) < 4.78 is 15.9. The first kappa shape index (κ1) is 30.4. The Kier molecular flexibility index (Phi) is 9.96. The summed E-state index contributed by atoms with van der Waals surface area (Å²) in [5.41, 5.74) is 1.14. The Hall–Kier alpha value is -3.17. The van der Waals surface area contributed by atoms with Crippen LogP contribution >= 0.6 is 12.6 Å². The SMILES string of the molecule is CCCc1nc(C(C)(C)O)c(CNC(=O)C(S)CC(C)C)n1Cc1cccc(-c2cccc(F)c2)c1C(=O)O. The third-order valence-corrected chi connectivity index (χ3v) is 6.91. The number of amides is 1. The number of nitrogens with one attached hydrogen (secondary N) is 1. The summed E-state index contributed by atoms with van der Waals surface area (Å²) in [6.45, 7) is 9.55. The van der Waals surface area contributed by atoms with Gasteiger partial charge in [0.05, 0.1) is 28.7 Å². The fraction of sp³-hybridized carbons (Fsp3) is 0.433. The highest BCUT2D eigenvalue weighted by molar-refractivity contribution is 7.81. The van der Waals surface area contributed by atoms with Gasteiger partial charge in [-0.15, -0.1) is 0 Å². The molecule has 1 atom stereocenters. The monoisotopic (exact) mass is 555 g/mol. The van der Waals surface area contributed by atoms with Crippen molar-refractivity contribution in [2.75, 3.05) is 0 Å². The molecule has 0 saturated carbocycles. The number of halogens is 1. The van der Waals surface area contributed by atoms with E-state index in [0.717, 1.165) is 6.42 Å². The molecule has 0 saturated heterocycles. The third kappa shape index (κ3) is 7.48. The number of aromatic carboxylic acids is 1. The Morgan fingerprint density at radius 3 is 2.46 bits per heavy atom. The number of carbonyl (C=O) groups is 2. The largest absolute Gasteiger partial charge is 0.478 e. The van der Waals surface area contributed by atoms with Crippen LogP contribution in [-0.4, -0.2) is 36.9 Å². The molecule has 0 aliphatic rings. The number of thiol groups is 1. The molecule has 1 amide bonds. The van der Waals surface area contributed by atoms with Gasteiger partial charge < -0.3 is 20.1 Å². The summed E-state index contributed by atoms with van der Waals surface area (Å²) in [5.74, 6) is -0.839. The van der Waals surface area contributed by atoms with E-state index in [4.69, 9.17) is 4.98 Å². The molecule has 0 radical (unpaired) electrons. The van der Waals surface area contributed by atoms with Gasteiger partial charge in [-0.1, -0.05) is 51.1 Å². The minimum Gasteiger partial charge on any atom is -0.478 e. The number of aryl methyl sites for hydroxylation is 1. The van der Waals surface area contributed by atoms with E-state index in [9.17, 15) is 24.2 Å². The molecule has 1 unspecified atom stereocenters. The van der Waals surface area contributed by atoms with Gasteiger partial charge in [-0.3, -0.25) is 4.79 Å². The number of aromatic nitrogens is 2. The van der Waals surface area contributed by atoms with Crippen molar-refractivity contribution in [1.82, 2.24) is 14.9 Å². The van der Waals surface area contributed by atoms with E-state index in [1.165, 1.54) is 12.1 Å². The smallest absolute Gasteiger partial charge is 0.336 e. The Bertz CT molecular complexity index is 1330. The van der Waals surface area contributed by atoms with Crippen LogP contribution in [0.15, 0.2) is 42.5 Å². The number of nitrogens with zero attached hydrogens (tertiary/aromatic N) is 2. The van der Waals surface area contributed by atoms with Crippen LogP contribution in [0.2, 0.25) is 0 Å². The third-order valence-electron chi connectivity index (χ3n) is 6.46. The zero-order valence-corrected chi connectivity index (χ0v) is 24.1. The van der Waals surface area contributed by atoms with Gasteiger partial charge in [0.15, 0.2) is 0 Å². The van der Waals surface area contributed by atoms with Gasteiger partial charge in [0.2, 0.25) is 5.91 Å². The number of carboxylic acid groups (broad SMARTS) is 1. The number of hydrogen-bond acceptors (Lipinski definition) is 5. The van der Waals surface area contributed by atoms with E-state index in [1.54, 1.807) is 44.2 Å². The van der Waals surface area contributed by atoms with Gasteiger partial charge in [0.25, 0.3) is 0 Å². The summed E-state index contributed by atoms with van der Waals surface area (Å²) in [4.78, 5) is 30.1. The Morgan fingerprint density at radius 2 is 1.87 bits per heavy atom. The second-order valence-electron chi connectivity index (χ2n) is 10.7. The predicted molar refractivity (Wildman–Crippen MR) is 153 cm³/mol. The number of hydrogen-bond donors (Lipinski definition) is 4. The first-order valence-corrected chi connectivity index (χ1v) is 13.7. The van der Waals surface area contributed by atoms with E-state index < -0.39 is 22.6 Å². The number of carbonyl (C=O) groups excluding carboxylic acids is 1. The van der Waals surface area contributed by atoms with Crippen molar-refractivity contribution in [1.29, 1.82) is 0 Å². The summed E-state index contributed by atoms with van der Waals surface area (Å²) >= 11 is 4.45. The molecule has 9 heteroatoms. The summed E-state index contributed by atoms with van der Waals surface area (Å²) in [7, 11) is 0. The topological polar surface area (TPSA) is 104 Å². The van der Waals surface area contributed by atoms with Crippen LogP contribution in [0.1, 0.15) is 80.6 Å². The number of imidazole rings is 1. The Morgan fingerprint density at radius 1 is 1.18 bits per heavy atom. The molecule has 0 spiro atoms. The molecule has 1 aromatic heterocycles. The average Bonchev–Trinajstić information content (AvgIpc) is 3.19. The zero-order valence-electron chi connectivity index (χ0n) is 23.2. The minimum absolute atomic E-state index is 0.0615. The van der Waals surface area contributed by atoms with Crippen molar-refractivity contribution < 1.29 is 24.2 Å². The van der Waals surface area contributed by atoms with E-state index in [0.29, 0.717) is 52.7 Å². The fourth-order valence-corrected chi connectivity index (χ4v) is 5.21. The Balaban J connectivity index is 2.12. The fourth-order valence-electron chi connectivity index (χ4n) is 4.70. The maximum absolute atomic E-state index is 14.0. The van der Waals surface area contributed by atoms with Crippen molar-refractivity contribution in [2.24, 2.45) is 5.92 Å². The van der Waals surface area contributed by atoms with Crippen LogP contribution < -0.4 is 5.32 Å². The maximum atomic E-state index is 14.0. The van der Waals surface area contributed by atoms with Crippen LogP contribution in [-0.2, 0) is 29.9 Å². The molecule has 3 rings (SSSR count). The molecule has 2 aromatic carbocycles. The number of benzene rings is 2. The Labute approximate surface area is 234 Å². The molecule has 0 aliphatic carbocycles. The second-order valence-corrected chi connectivity index (χ2v) is 11.4. The van der Waals surface area contributed by atoms with Gasteiger partial charge >= 0.3 is 5.97 Å². The van der Waals surface area contributed by atoms with Gasteiger partial charge in [-0.25, -0.2) is 14.2 Å².